The summed E-state index contributed by atoms with van der Waals surface area (Å²) in [6, 6.07) is 10.4. The van der Waals surface area contributed by atoms with E-state index in [0.717, 1.165) is 22.4 Å². The molecule has 3 aromatic rings. The second-order valence-corrected chi connectivity index (χ2v) is 8.01. The average Bonchev–Trinajstić information content (AvgIpc) is 2.70. The van der Waals surface area contributed by atoms with Crippen LogP contribution in [-0.2, 0) is 16.6 Å². The summed E-state index contributed by atoms with van der Waals surface area (Å²) < 4.78 is 28.0. The van der Waals surface area contributed by atoms with Crippen LogP contribution in [0.1, 0.15) is 29.8 Å². The number of alkyl halides is 1. The molecule has 2 heterocycles. The van der Waals surface area contributed by atoms with Gasteiger partial charge in [0.1, 0.15) is 12.0 Å². The van der Waals surface area contributed by atoms with Crippen LogP contribution in [0, 0.1) is 12.7 Å². The lowest BCUT2D eigenvalue weighted by atomic mass is 9.65. The lowest BCUT2D eigenvalue weighted by molar-refractivity contribution is -0.117. The Hall–Kier alpha value is -3.42. The Balaban J connectivity index is 1.52. The number of rotatable bonds is 7. The summed E-state index contributed by atoms with van der Waals surface area (Å²) in [6.07, 6.45) is 2.82. The lowest BCUT2D eigenvalue weighted by Crippen LogP contribution is -2.49. The lowest BCUT2D eigenvalue weighted by Gasteiger charge is -2.43. The number of aryl methyl sites for hydroxylation is 1. The molecule has 0 radical (unpaired) electrons. The Bertz CT molecular complexity index is 1110. The summed E-state index contributed by atoms with van der Waals surface area (Å²) in [4.78, 5) is 24.3. The number of nitrogens with zero attached hydrogens (tertiary/aromatic N) is 3. The molecular formula is C23H23F2N5O. The molecule has 1 amide bonds. The van der Waals surface area contributed by atoms with Crippen molar-refractivity contribution >= 4 is 11.9 Å². The van der Waals surface area contributed by atoms with E-state index in [1.807, 2.05) is 31.2 Å². The molecule has 0 bridgehead atoms. The van der Waals surface area contributed by atoms with Crippen LogP contribution >= 0.6 is 0 Å². The maximum atomic E-state index is 14.3. The number of primary amides is 1. The number of carbonyl (C=O) groups is 1. The zero-order valence-electron chi connectivity index (χ0n) is 17.1. The molecule has 0 atom stereocenters. The smallest absolute Gasteiger partial charge is 0.222 e. The minimum absolute atomic E-state index is 0.162. The van der Waals surface area contributed by atoms with Crippen molar-refractivity contribution in [2.75, 3.05) is 11.9 Å². The zero-order chi connectivity index (χ0) is 22.0. The van der Waals surface area contributed by atoms with Crippen LogP contribution < -0.4 is 11.1 Å². The van der Waals surface area contributed by atoms with E-state index in [1.165, 1.54) is 18.3 Å². The first-order chi connectivity index (χ1) is 14.9. The van der Waals surface area contributed by atoms with Gasteiger partial charge in [0, 0.05) is 29.9 Å². The molecule has 8 heteroatoms. The third kappa shape index (κ3) is 4.38. The third-order valence-electron chi connectivity index (χ3n) is 5.67. The van der Waals surface area contributed by atoms with Crippen molar-refractivity contribution in [3.05, 3.63) is 71.6 Å². The number of hydrogen-bond acceptors (Lipinski definition) is 5. The maximum absolute atomic E-state index is 14.3. The maximum Gasteiger partial charge on any atom is 0.222 e. The first-order valence-corrected chi connectivity index (χ1v) is 10.1. The molecule has 1 saturated carbocycles. The quantitative estimate of drug-likeness (QED) is 0.607. The van der Waals surface area contributed by atoms with Crippen LogP contribution in [0.4, 0.5) is 14.7 Å². The van der Waals surface area contributed by atoms with Gasteiger partial charge in [-0.3, -0.25) is 9.78 Å². The van der Waals surface area contributed by atoms with E-state index in [4.69, 9.17) is 5.73 Å². The van der Waals surface area contributed by atoms with E-state index in [9.17, 15) is 13.6 Å². The Morgan fingerprint density at radius 3 is 2.74 bits per heavy atom. The van der Waals surface area contributed by atoms with Crippen molar-refractivity contribution in [2.24, 2.45) is 5.73 Å². The van der Waals surface area contributed by atoms with Crippen molar-refractivity contribution in [3.63, 3.8) is 0 Å². The highest BCUT2D eigenvalue weighted by atomic mass is 19.1. The van der Waals surface area contributed by atoms with E-state index in [2.05, 4.69) is 20.3 Å². The van der Waals surface area contributed by atoms with Gasteiger partial charge in [0.15, 0.2) is 0 Å². The second kappa shape index (κ2) is 8.37. The standard InChI is InChI=1S/C23H23F2N5O/c1-14-18(16-5-2-4-15(8-16)9-20(26)31)12-28-22(30-14)29-13-23(10-17(24)11-23)21-19(25)6-3-7-27-21/h2-8,12,17H,9-11,13H2,1H3,(H2,26,31)(H,28,29,30). The normalized spacial score (nSPS) is 20.2. The predicted octanol–water partition coefficient (Wildman–Crippen LogP) is 3.50. The van der Waals surface area contributed by atoms with Crippen molar-refractivity contribution in [3.8, 4) is 11.1 Å². The van der Waals surface area contributed by atoms with Crippen molar-refractivity contribution in [2.45, 2.75) is 37.8 Å². The summed E-state index contributed by atoms with van der Waals surface area (Å²) in [5.41, 5.74) is 8.11. The summed E-state index contributed by atoms with van der Waals surface area (Å²) in [5.74, 6) is -0.443. The number of aromatic nitrogens is 3. The summed E-state index contributed by atoms with van der Waals surface area (Å²) in [6.45, 7) is 2.15. The summed E-state index contributed by atoms with van der Waals surface area (Å²) >= 11 is 0. The Kier molecular flexibility index (Phi) is 5.63. The molecule has 160 valence electrons. The SMILES string of the molecule is Cc1nc(NCC2(c3ncccc3F)CC(F)C2)ncc1-c1cccc(CC(N)=O)c1. The molecule has 4 rings (SSSR count). The Morgan fingerprint density at radius 2 is 2.06 bits per heavy atom. The largest absolute Gasteiger partial charge is 0.369 e. The van der Waals surface area contributed by atoms with Gasteiger partial charge in [0.25, 0.3) is 0 Å². The van der Waals surface area contributed by atoms with Crippen LogP contribution in [0.15, 0.2) is 48.8 Å². The van der Waals surface area contributed by atoms with Crippen LogP contribution in [0.25, 0.3) is 11.1 Å². The molecule has 1 aromatic carbocycles. The van der Waals surface area contributed by atoms with E-state index in [-0.39, 0.29) is 31.5 Å². The molecule has 0 unspecified atom stereocenters. The van der Waals surface area contributed by atoms with Gasteiger partial charge in [-0.2, -0.15) is 0 Å². The highest BCUT2D eigenvalue weighted by Crippen LogP contribution is 2.45. The van der Waals surface area contributed by atoms with Crippen LogP contribution in [-0.4, -0.2) is 33.6 Å². The van der Waals surface area contributed by atoms with E-state index in [1.54, 1.807) is 6.20 Å². The highest BCUT2D eigenvalue weighted by Gasteiger charge is 2.48. The van der Waals surface area contributed by atoms with Crippen LogP contribution in [0.5, 0.6) is 0 Å². The molecule has 2 aromatic heterocycles. The van der Waals surface area contributed by atoms with Crippen molar-refractivity contribution in [1.29, 1.82) is 0 Å². The van der Waals surface area contributed by atoms with Crippen LogP contribution in [0.3, 0.4) is 0 Å². The monoisotopic (exact) mass is 423 g/mol. The number of hydrogen-bond donors (Lipinski definition) is 2. The number of anilines is 1. The molecule has 1 aliphatic carbocycles. The van der Waals surface area contributed by atoms with Crippen molar-refractivity contribution in [1.82, 2.24) is 15.0 Å². The molecule has 0 aliphatic heterocycles. The number of benzene rings is 1. The fourth-order valence-corrected chi connectivity index (χ4v) is 4.12. The average molecular weight is 423 g/mol. The summed E-state index contributed by atoms with van der Waals surface area (Å²) in [7, 11) is 0. The Labute approximate surface area is 179 Å². The first-order valence-electron chi connectivity index (χ1n) is 10.1. The van der Waals surface area contributed by atoms with Gasteiger partial charge in [-0.15, -0.1) is 0 Å². The van der Waals surface area contributed by atoms with Crippen LogP contribution in [0.2, 0.25) is 0 Å². The third-order valence-corrected chi connectivity index (χ3v) is 5.67. The molecule has 1 aliphatic rings. The van der Waals surface area contributed by atoms with Gasteiger partial charge in [-0.25, -0.2) is 18.7 Å². The Morgan fingerprint density at radius 1 is 1.26 bits per heavy atom. The number of halogens is 2. The van der Waals surface area contributed by atoms with E-state index < -0.39 is 23.3 Å². The molecule has 6 nitrogen and oxygen atoms in total. The molecule has 0 saturated heterocycles. The number of nitrogens with one attached hydrogen (secondary N) is 1. The van der Waals surface area contributed by atoms with E-state index >= 15 is 0 Å². The second-order valence-electron chi connectivity index (χ2n) is 8.01. The molecule has 1 fully saturated rings. The number of carbonyl (C=O) groups excluding carboxylic acids is 1. The van der Waals surface area contributed by atoms with Gasteiger partial charge >= 0.3 is 0 Å². The summed E-state index contributed by atoms with van der Waals surface area (Å²) in [5, 5.41) is 3.13. The minimum Gasteiger partial charge on any atom is -0.369 e. The first kappa shape index (κ1) is 20.8. The van der Waals surface area contributed by atoms with Gasteiger partial charge in [-0.1, -0.05) is 24.3 Å². The fourth-order valence-electron chi connectivity index (χ4n) is 4.12. The van der Waals surface area contributed by atoms with E-state index in [0.29, 0.717) is 5.95 Å². The highest BCUT2D eigenvalue weighted by molar-refractivity contribution is 5.77. The van der Waals surface area contributed by atoms with Gasteiger partial charge in [0.05, 0.1) is 17.8 Å². The fraction of sp³-hybridized carbons (Fsp3) is 0.304. The van der Waals surface area contributed by atoms with Gasteiger partial charge < -0.3 is 11.1 Å². The van der Waals surface area contributed by atoms with Crippen molar-refractivity contribution < 1.29 is 13.6 Å². The number of pyridine rings is 1. The predicted molar refractivity (Wildman–Crippen MR) is 114 cm³/mol. The van der Waals surface area contributed by atoms with Gasteiger partial charge in [-0.05, 0) is 43.0 Å². The van der Waals surface area contributed by atoms with Gasteiger partial charge in [0.2, 0.25) is 11.9 Å². The minimum atomic E-state index is -0.971. The zero-order valence-corrected chi connectivity index (χ0v) is 17.1. The molecule has 0 spiro atoms. The number of amides is 1. The molecule has 3 N–H and O–H groups in total. The number of nitrogens with two attached hydrogens (primary N) is 1. The molecule has 31 heavy (non-hydrogen) atoms. The topological polar surface area (TPSA) is 93.8 Å². The molecular weight excluding hydrogens is 400 g/mol.